The lowest BCUT2D eigenvalue weighted by Gasteiger charge is -2.28. The molecule has 1 N–H and O–H groups in total. The molecule has 0 heterocycles. The summed E-state index contributed by atoms with van der Waals surface area (Å²) in [6.07, 6.45) is 1.89. The van der Waals surface area contributed by atoms with Gasteiger partial charge in [0.2, 0.25) is 0 Å². The lowest BCUT2D eigenvalue weighted by atomic mass is 10.1. The lowest BCUT2D eigenvalue weighted by molar-refractivity contribution is 0.0708. The maximum atomic E-state index is 9.27. The Morgan fingerprint density at radius 1 is 0.900 bits per heavy atom. The molecule has 4 nitrogen and oxygen atoms in total. The van der Waals surface area contributed by atoms with Gasteiger partial charge in [-0.3, -0.25) is 0 Å². The second-order valence-corrected chi connectivity index (χ2v) is 7.23. The van der Waals surface area contributed by atoms with Crippen LogP contribution in [0, 0.1) is 0 Å². The summed E-state index contributed by atoms with van der Waals surface area (Å²) < 4.78 is 17.5. The largest absolute Gasteiger partial charge is 0.508 e. The zero-order valence-corrected chi connectivity index (χ0v) is 13.7. The number of phenols is 1. The first-order valence-corrected chi connectivity index (χ1v) is 9.28. The maximum Gasteiger partial charge on any atom is 0.500 e. The van der Waals surface area contributed by atoms with E-state index in [0.717, 1.165) is 18.9 Å². The Labute approximate surface area is 123 Å². The quantitative estimate of drug-likeness (QED) is 0.673. The molecular weight excluding hydrogens is 272 g/mol. The zero-order chi connectivity index (χ0) is 14.8. The van der Waals surface area contributed by atoms with Crippen molar-refractivity contribution in [1.82, 2.24) is 0 Å². The number of aromatic hydroxyl groups is 1. The molecule has 0 spiro atoms. The molecule has 5 heteroatoms. The highest BCUT2D eigenvalue weighted by Gasteiger charge is 2.39. The fraction of sp³-hybridized carbons (Fsp3) is 0.600. The highest BCUT2D eigenvalue weighted by molar-refractivity contribution is 6.60. The van der Waals surface area contributed by atoms with Crippen molar-refractivity contribution in [1.29, 1.82) is 0 Å². The van der Waals surface area contributed by atoms with Gasteiger partial charge in [0, 0.05) is 25.9 Å². The first kappa shape index (κ1) is 17.2. The van der Waals surface area contributed by atoms with Gasteiger partial charge in [-0.15, -0.1) is 0 Å². The summed E-state index contributed by atoms with van der Waals surface area (Å²) in [5, 5.41) is 9.27. The Morgan fingerprint density at radius 3 is 1.85 bits per heavy atom. The van der Waals surface area contributed by atoms with Crippen LogP contribution in [0.2, 0.25) is 6.04 Å². The highest BCUT2D eigenvalue weighted by atomic mass is 28.4. The third-order valence-electron chi connectivity index (χ3n) is 2.98. The van der Waals surface area contributed by atoms with Gasteiger partial charge >= 0.3 is 8.80 Å². The molecule has 0 unspecified atom stereocenters. The van der Waals surface area contributed by atoms with Gasteiger partial charge in [-0.2, -0.15) is 0 Å². The molecule has 0 fully saturated rings. The predicted octanol–water partition coefficient (Wildman–Crippen LogP) is 3.37. The van der Waals surface area contributed by atoms with Crippen molar-refractivity contribution >= 4 is 8.80 Å². The molecule has 0 saturated heterocycles. The third-order valence-corrected chi connectivity index (χ3v) is 6.13. The molecule has 114 valence electrons. The molecule has 0 aliphatic carbocycles. The Bertz CT molecular complexity index is 350. The normalized spacial score (nSPS) is 11.8. The average molecular weight is 298 g/mol. The second-order valence-electron chi connectivity index (χ2n) is 4.50. The van der Waals surface area contributed by atoms with E-state index < -0.39 is 8.80 Å². The van der Waals surface area contributed by atoms with E-state index in [1.54, 1.807) is 12.1 Å². The monoisotopic (exact) mass is 298 g/mol. The molecule has 1 rings (SSSR count). The van der Waals surface area contributed by atoms with E-state index in [4.69, 9.17) is 13.3 Å². The predicted molar refractivity (Wildman–Crippen MR) is 81.9 cm³/mol. The van der Waals surface area contributed by atoms with Crippen molar-refractivity contribution < 1.29 is 18.4 Å². The molecule has 0 atom stereocenters. The Balaban J connectivity index is 2.54. The number of hydrogen-bond acceptors (Lipinski definition) is 4. The molecule has 0 bridgehead atoms. The Hall–Kier alpha value is -0.883. The van der Waals surface area contributed by atoms with E-state index in [0.29, 0.717) is 25.6 Å². The van der Waals surface area contributed by atoms with E-state index in [2.05, 4.69) is 0 Å². The van der Waals surface area contributed by atoms with E-state index in [1.165, 1.54) is 5.56 Å². The summed E-state index contributed by atoms with van der Waals surface area (Å²) in [4.78, 5) is 0. The van der Waals surface area contributed by atoms with Gasteiger partial charge < -0.3 is 18.4 Å². The van der Waals surface area contributed by atoms with Crippen LogP contribution in [0.3, 0.4) is 0 Å². The van der Waals surface area contributed by atoms with E-state index in [1.807, 2.05) is 32.9 Å². The summed E-state index contributed by atoms with van der Waals surface area (Å²) in [5.74, 6) is 0.301. The zero-order valence-electron chi connectivity index (χ0n) is 12.7. The van der Waals surface area contributed by atoms with Crippen LogP contribution in [-0.4, -0.2) is 33.7 Å². The van der Waals surface area contributed by atoms with Gasteiger partial charge in [-0.05, 0) is 51.3 Å². The van der Waals surface area contributed by atoms with Gasteiger partial charge in [-0.25, -0.2) is 0 Å². The van der Waals surface area contributed by atoms with Crippen LogP contribution >= 0.6 is 0 Å². The minimum absolute atomic E-state index is 0.301. The first-order chi connectivity index (χ1) is 9.65. The van der Waals surface area contributed by atoms with Crippen molar-refractivity contribution in [3.63, 3.8) is 0 Å². The van der Waals surface area contributed by atoms with E-state index in [9.17, 15) is 5.11 Å². The average Bonchev–Trinajstić information content (AvgIpc) is 2.42. The van der Waals surface area contributed by atoms with Crippen LogP contribution in [0.5, 0.6) is 5.75 Å². The molecule has 20 heavy (non-hydrogen) atoms. The van der Waals surface area contributed by atoms with Crippen LogP contribution in [0.15, 0.2) is 24.3 Å². The minimum atomic E-state index is -2.51. The standard InChI is InChI=1S/C15H26O4Si/c1-4-17-20(18-5-2,19-6-3)13-7-8-14-9-11-15(16)12-10-14/h9-12,16H,4-8,13H2,1-3H3. The summed E-state index contributed by atoms with van der Waals surface area (Å²) >= 11 is 0. The summed E-state index contributed by atoms with van der Waals surface area (Å²) in [7, 11) is -2.51. The van der Waals surface area contributed by atoms with Crippen molar-refractivity contribution in [3.05, 3.63) is 29.8 Å². The van der Waals surface area contributed by atoms with Crippen molar-refractivity contribution in [2.45, 2.75) is 39.7 Å². The van der Waals surface area contributed by atoms with Crippen molar-refractivity contribution in [3.8, 4) is 5.75 Å². The van der Waals surface area contributed by atoms with Crippen LogP contribution in [0.25, 0.3) is 0 Å². The lowest BCUT2D eigenvalue weighted by Crippen LogP contribution is -2.46. The van der Waals surface area contributed by atoms with Crippen LogP contribution in [0.1, 0.15) is 32.8 Å². The molecule has 0 radical (unpaired) electrons. The van der Waals surface area contributed by atoms with Gasteiger partial charge in [0.25, 0.3) is 0 Å². The number of benzene rings is 1. The molecule has 1 aromatic carbocycles. The molecule has 1 aromatic rings. The fourth-order valence-corrected chi connectivity index (χ4v) is 4.79. The number of phenolic OH excluding ortho intramolecular Hbond substituents is 1. The van der Waals surface area contributed by atoms with Crippen molar-refractivity contribution in [2.24, 2.45) is 0 Å². The number of aryl methyl sites for hydroxylation is 1. The fourth-order valence-electron chi connectivity index (χ4n) is 2.17. The third kappa shape index (κ3) is 5.62. The first-order valence-electron chi connectivity index (χ1n) is 7.35. The summed E-state index contributed by atoms with van der Waals surface area (Å²) in [5.41, 5.74) is 1.20. The summed E-state index contributed by atoms with van der Waals surface area (Å²) in [6.45, 7) is 7.77. The van der Waals surface area contributed by atoms with Gasteiger partial charge in [0.05, 0.1) is 0 Å². The topological polar surface area (TPSA) is 47.9 Å². The number of rotatable bonds is 10. The van der Waals surface area contributed by atoms with E-state index >= 15 is 0 Å². The van der Waals surface area contributed by atoms with Crippen LogP contribution < -0.4 is 0 Å². The molecule has 0 aliphatic rings. The summed E-state index contributed by atoms with van der Waals surface area (Å²) in [6, 6.07) is 8.14. The molecule has 0 aromatic heterocycles. The number of hydrogen-bond donors (Lipinski definition) is 1. The SMILES string of the molecule is CCO[Si](CCCc1ccc(O)cc1)(OCC)OCC. The van der Waals surface area contributed by atoms with Crippen molar-refractivity contribution in [2.75, 3.05) is 19.8 Å². The van der Waals surface area contributed by atoms with Gasteiger partial charge in [0.15, 0.2) is 0 Å². The smallest absolute Gasteiger partial charge is 0.500 e. The second kappa shape index (κ2) is 9.13. The highest BCUT2D eigenvalue weighted by Crippen LogP contribution is 2.20. The molecule has 0 amide bonds. The van der Waals surface area contributed by atoms with Gasteiger partial charge in [-0.1, -0.05) is 12.1 Å². The van der Waals surface area contributed by atoms with Crippen LogP contribution in [-0.2, 0) is 19.7 Å². The van der Waals surface area contributed by atoms with E-state index in [-0.39, 0.29) is 0 Å². The minimum Gasteiger partial charge on any atom is -0.508 e. The van der Waals surface area contributed by atoms with Crippen LogP contribution in [0.4, 0.5) is 0 Å². The van der Waals surface area contributed by atoms with Gasteiger partial charge in [0.1, 0.15) is 5.75 Å². The molecule has 0 saturated carbocycles. The molecule has 0 aliphatic heterocycles. The Kier molecular flexibility index (Phi) is 7.83. The maximum absolute atomic E-state index is 9.27. The molecular formula is C15H26O4Si. The Morgan fingerprint density at radius 2 is 1.40 bits per heavy atom.